The van der Waals surface area contributed by atoms with Gasteiger partial charge in [-0.1, -0.05) is 53.5 Å². The van der Waals surface area contributed by atoms with Crippen molar-refractivity contribution in [2.45, 2.75) is 25.3 Å². The maximum Gasteiger partial charge on any atom is 0.226 e. The molecule has 0 saturated carbocycles. The van der Waals surface area contributed by atoms with Gasteiger partial charge in [-0.05, 0) is 36.1 Å². The average molecular weight is 403 g/mol. The van der Waals surface area contributed by atoms with Gasteiger partial charge in [0.1, 0.15) is 5.01 Å². The predicted octanol–water partition coefficient (Wildman–Crippen LogP) is 4.94. The molecular weight excluding hydrogens is 387 g/mol. The molecule has 1 heterocycles. The Morgan fingerprint density at radius 2 is 1.73 bits per heavy atom. The van der Waals surface area contributed by atoms with E-state index in [-0.39, 0.29) is 18.4 Å². The minimum Gasteiger partial charge on any atom is -0.352 e. The molecule has 1 aromatic heterocycles. The lowest BCUT2D eigenvalue weighted by atomic mass is 10.1. The van der Waals surface area contributed by atoms with Crippen LogP contribution in [0.15, 0.2) is 47.8 Å². The van der Waals surface area contributed by atoms with Crippen LogP contribution in [0.5, 0.6) is 0 Å². The lowest BCUT2D eigenvalue weighted by Gasteiger charge is -2.11. The summed E-state index contributed by atoms with van der Waals surface area (Å²) in [6.07, 6.45) is 2.03. The van der Waals surface area contributed by atoms with E-state index in [1.165, 1.54) is 22.5 Å². The number of rotatable bonds is 4. The number of halogens is 2. The molecule has 1 amide bonds. The molecule has 1 aliphatic carbocycles. The van der Waals surface area contributed by atoms with Gasteiger partial charge in [-0.25, -0.2) is 4.98 Å². The fraction of sp³-hybridized carbons (Fsp3) is 0.200. The molecular formula is C20H16Cl2N2OS. The van der Waals surface area contributed by atoms with Crippen LogP contribution in [-0.4, -0.2) is 16.9 Å². The zero-order chi connectivity index (χ0) is 18.1. The van der Waals surface area contributed by atoms with Gasteiger partial charge in [0.2, 0.25) is 5.91 Å². The van der Waals surface area contributed by atoms with E-state index in [0.29, 0.717) is 10.0 Å². The maximum atomic E-state index is 12.4. The standard InChI is InChI=1S/C20H16Cl2N2OS/c21-16-6-3-7-17(22)19(16)20-24-15(11-26-20)10-18(25)23-14-8-12-4-1-2-5-13(12)9-14/h1-7,11,14H,8-10H2,(H,23,25). The smallest absolute Gasteiger partial charge is 0.226 e. The first-order valence-corrected chi connectivity index (χ1v) is 9.98. The minimum atomic E-state index is -0.00934. The summed E-state index contributed by atoms with van der Waals surface area (Å²) in [5, 5.41) is 6.86. The van der Waals surface area contributed by atoms with Crippen LogP contribution >= 0.6 is 34.5 Å². The molecule has 4 rings (SSSR count). The highest BCUT2D eigenvalue weighted by molar-refractivity contribution is 7.13. The first-order chi connectivity index (χ1) is 12.6. The Labute approximate surface area is 166 Å². The Hall–Kier alpha value is -1.88. The van der Waals surface area contributed by atoms with Gasteiger partial charge in [0.15, 0.2) is 0 Å². The average Bonchev–Trinajstić information content (AvgIpc) is 3.21. The van der Waals surface area contributed by atoms with Crippen molar-refractivity contribution in [3.05, 3.63) is 74.7 Å². The molecule has 3 aromatic rings. The number of benzene rings is 2. The largest absolute Gasteiger partial charge is 0.352 e. The molecule has 1 N–H and O–H groups in total. The normalized spacial score (nSPS) is 13.6. The van der Waals surface area contributed by atoms with Crippen LogP contribution in [0.1, 0.15) is 16.8 Å². The van der Waals surface area contributed by atoms with Crippen LogP contribution in [0, 0.1) is 0 Å². The molecule has 0 unspecified atom stereocenters. The first kappa shape index (κ1) is 17.5. The SMILES string of the molecule is O=C(Cc1csc(-c2c(Cl)cccc2Cl)n1)NC1Cc2ccccc2C1. The third kappa shape index (κ3) is 3.63. The van der Waals surface area contributed by atoms with Crippen LogP contribution in [0.3, 0.4) is 0 Å². The third-order valence-corrected chi connectivity index (χ3v) is 6.02. The summed E-state index contributed by atoms with van der Waals surface area (Å²) in [7, 11) is 0. The van der Waals surface area contributed by atoms with Crippen molar-refractivity contribution in [2.24, 2.45) is 0 Å². The highest BCUT2D eigenvalue weighted by Gasteiger charge is 2.23. The van der Waals surface area contributed by atoms with Gasteiger partial charge in [-0.15, -0.1) is 11.3 Å². The molecule has 0 saturated heterocycles. The molecule has 0 spiro atoms. The fourth-order valence-electron chi connectivity index (χ4n) is 3.31. The molecule has 6 heteroatoms. The third-order valence-electron chi connectivity index (χ3n) is 4.49. The molecule has 2 aromatic carbocycles. The van der Waals surface area contributed by atoms with Crippen molar-refractivity contribution < 1.29 is 4.79 Å². The zero-order valence-corrected chi connectivity index (χ0v) is 16.2. The molecule has 3 nitrogen and oxygen atoms in total. The molecule has 0 fully saturated rings. The Morgan fingerprint density at radius 3 is 2.38 bits per heavy atom. The van der Waals surface area contributed by atoms with Crippen molar-refractivity contribution in [2.75, 3.05) is 0 Å². The van der Waals surface area contributed by atoms with E-state index in [1.54, 1.807) is 18.2 Å². The maximum absolute atomic E-state index is 12.4. The van der Waals surface area contributed by atoms with E-state index in [9.17, 15) is 4.79 Å². The molecule has 0 aliphatic heterocycles. The van der Waals surface area contributed by atoms with Crippen molar-refractivity contribution in [3.8, 4) is 10.6 Å². The van der Waals surface area contributed by atoms with Gasteiger partial charge in [0.05, 0.1) is 22.2 Å². The second kappa shape index (κ2) is 7.39. The predicted molar refractivity (Wildman–Crippen MR) is 107 cm³/mol. The number of nitrogens with zero attached hydrogens (tertiary/aromatic N) is 1. The number of fused-ring (bicyclic) bond motifs is 1. The first-order valence-electron chi connectivity index (χ1n) is 8.35. The Kier molecular flexibility index (Phi) is 4.98. The van der Waals surface area contributed by atoms with Gasteiger partial charge in [-0.3, -0.25) is 4.79 Å². The van der Waals surface area contributed by atoms with Crippen LogP contribution in [0.2, 0.25) is 10.0 Å². The minimum absolute atomic E-state index is 0.00934. The molecule has 132 valence electrons. The number of thiazole rings is 1. The lowest BCUT2D eigenvalue weighted by Crippen LogP contribution is -2.36. The van der Waals surface area contributed by atoms with Crippen LogP contribution in [0.4, 0.5) is 0 Å². The van der Waals surface area contributed by atoms with E-state index >= 15 is 0 Å². The number of hydrogen-bond donors (Lipinski definition) is 1. The number of carbonyl (C=O) groups is 1. The second-order valence-corrected chi connectivity index (χ2v) is 8.03. The van der Waals surface area contributed by atoms with Crippen LogP contribution in [-0.2, 0) is 24.1 Å². The monoisotopic (exact) mass is 402 g/mol. The van der Waals surface area contributed by atoms with Gasteiger partial charge in [-0.2, -0.15) is 0 Å². The van der Waals surface area contributed by atoms with E-state index in [0.717, 1.165) is 29.1 Å². The Bertz CT molecular complexity index is 925. The van der Waals surface area contributed by atoms with Crippen LogP contribution in [0.25, 0.3) is 10.6 Å². The summed E-state index contributed by atoms with van der Waals surface area (Å²) < 4.78 is 0. The van der Waals surface area contributed by atoms with Crippen LogP contribution < -0.4 is 5.32 Å². The van der Waals surface area contributed by atoms with Gasteiger partial charge >= 0.3 is 0 Å². The van der Waals surface area contributed by atoms with Crippen molar-refractivity contribution in [3.63, 3.8) is 0 Å². The topological polar surface area (TPSA) is 42.0 Å². The van der Waals surface area contributed by atoms with Gasteiger partial charge in [0, 0.05) is 17.0 Å². The summed E-state index contributed by atoms with van der Waals surface area (Å²) in [5.74, 6) is -0.00934. The number of carbonyl (C=O) groups excluding carboxylic acids is 1. The van der Waals surface area contributed by atoms with Crippen molar-refractivity contribution in [1.82, 2.24) is 10.3 Å². The zero-order valence-electron chi connectivity index (χ0n) is 13.8. The fourth-order valence-corrected chi connectivity index (χ4v) is 4.89. The van der Waals surface area contributed by atoms with Crippen molar-refractivity contribution >= 4 is 40.4 Å². The summed E-state index contributed by atoms with van der Waals surface area (Å²) in [4.78, 5) is 16.9. The van der Waals surface area contributed by atoms with E-state index in [2.05, 4.69) is 22.4 Å². The Balaban J connectivity index is 1.41. The lowest BCUT2D eigenvalue weighted by molar-refractivity contribution is -0.121. The molecule has 1 aliphatic rings. The molecule has 0 radical (unpaired) electrons. The number of nitrogens with one attached hydrogen (secondary N) is 1. The second-order valence-electron chi connectivity index (χ2n) is 6.36. The quantitative estimate of drug-likeness (QED) is 0.670. The number of amides is 1. The number of aromatic nitrogens is 1. The van der Waals surface area contributed by atoms with Gasteiger partial charge < -0.3 is 5.32 Å². The Morgan fingerprint density at radius 1 is 1.08 bits per heavy atom. The molecule has 26 heavy (non-hydrogen) atoms. The molecule has 0 bridgehead atoms. The summed E-state index contributed by atoms with van der Waals surface area (Å²) in [6, 6.07) is 13.9. The van der Waals surface area contributed by atoms with Gasteiger partial charge in [0.25, 0.3) is 0 Å². The van der Waals surface area contributed by atoms with E-state index in [1.807, 2.05) is 17.5 Å². The number of hydrogen-bond acceptors (Lipinski definition) is 3. The highest BCUT2D eigenvalue weighted by atomic mass is 35.5. The summed E-state index contributed by atoms with van der Waals surface area (Å²) in [5.41, 5.74) is 4.09. The van der Waals surface area contributed by atoms with Crippen molar-refractivity contribution in [1.29, 1.82) is 0 Å². The highest BCUT2D eigenvalue weighted by Crippen LogP contribution is 2.36. The van der Waals surface area contributed by atoms with E-state index in [4.69, 9.17) is 23.2 Å². The van der Waals surface area contributed by atoms with E-state index < -0.39 is 0 Å². The summed E-state index contributed by atoms with van der Waals surface area (Å²) in [6.45, 7) is 0. The summed E-state index contributed by atoms with van der Waals surface area (Å²) >= 11 is 13.9. The molecule has 0 atom stereocenters.